The van der Waals surface area contributed by atoms with Crippen LogP contribution < -0.4 is 0 Å². The summed E-state index contributed by atoms with van der Waals surface area (Å²) < 4.78 is 2.32. The first kappa shape index (κ1) is 10.7. The zero-order valence-electron chi connectivity index (χ0n) is 10.2. The Morgan fingerprint density at radius 1 is 1.20 bits per heavy atom. The average Bonchev–Trinajstić information content (AvgIpc) is 2.56. The fourth-order valence-electron chi connectivity index (χ4n) is 2.73. The van der Waals surface area contributed by atoms with Crippen LogP contribution in [0, 0.1) is 13.8 Å². The third kappa shape index (κ3) is 1.95. The van der Waals surface area contributed by atoms with E-state index in [9.17, 15) is 0 Å². The van der Waals surface area contributed by atoms with Crippen LogP contribution in [0.4, 0.5) is 0 Å². The van der Waals surface area contributed by atoms with Crippen LogP contribution in [0.5, 0.6) is 0 Å². The van der Waals surface area contributed by atoms with Crippen molar-refractivity contribution in [3.63, 3.8) is 0 Å². The molecule has 0 spiro atoms. The van der Waals surface area contributed by atoms with Gasteiger partial charge in [-0.1, -0.05) is 26.2 Å². The maximum Gasteiger partial charge on any atom is 0.0625 e. The summed E-state index contributed by atoms with van der Waals surface area (Å²) in [6.07, 6.45) is 7.94. The molecule has 0 saturated heterocycles. The van der Waals surface area contributed by atoms with Crippen LogP contribution in [0.3, 0.4) is 0 Å². The van der Waals surface area contributed by atoms with Crippen molar-refractivity contribution in [2.75, 3.05) is 0 Å². The van der Waals surface area contributed by atoms with E-state index >= 15 is 0 Å². The van der Waals surface area contributed by atoms with Gasteiger partial charge in [-0.3, -0.25) is 4.68 Å². The molecular weight excluding hydrogens is 184 g/mol. The van der Waals surface area contributed by atoms with Crippen molar-refractivity contribution in [1.29, 1.82) is 0 Å². The molecular formula is C13H22N2. The fourth-order valence-corrected chi connectivity index (χ4v) is 2.73. The molecule has 2 heteroatoms. The van der Waals surface area contributed by atoms with E-state index in [1.165, 1.54) is 49.1 Å². The van der Waals surface area contributed by atoms with Crippen molar-refractivity contribution >= 4 is 0 Å². The summed E-state index contributed by atoms with van der Waals surface area (Å²) in [6.45, 7) is 6.58. The monoisotopic (exact) mass is 206 g/mol. The first-order valence-corrected chi connectivity index (χ1v) is 6.28. The SMILES string of the molecule is CCc1c(C)c(C)nn1C1CCCCC1. The van der Waals surface area contributed by atoms with Crippen LogP contribution in [-0.4, -0.2) is 9.78 Å². The van der Waals surface area contributed by atoms with E-state index in [0.29, 0.717) is 6.04 Å². The van der Waals surface area contributed by atoms with Gasteiger partial charge in [-0.15, -0.1) is 0 Å². The van der Waals surface area contributed by atoms with Gasteiger partial charge in [0, 0.05) is 5.69 Å². The summed E-state index contributed by atoms with van der Waals surface area (Å²) in [7, 11) is 0. The van der Waals surface area contributed by atoms with Gasteiger partial charge in [0.25, 0.3) is 0 Å². The number of hydrogen-bond acceptors (Lipinski definition) is 1. The molecule has 0 amide bonds. The van der Waals surface area contributed by atoms with Gasteiger partial charge in [0.1, 0.15) is 0 Å². The number of nitrogens with zero attached hydrogens (tertiary/aromatic N) is 2. The summed E-state index contributed by atoms with van der Waals surface area (Å²) in [6, 6.07) is 0.682. The molecule has 0 aromatic carbocycles. The summed E-state index contributed by atoms with van der Waals surface area (Å²) >= 11 is 0. The van der Waals surface area contributed by atoms with Crippen molar-refractivity contribution in [3.8, 4) is 0 Å². The molecule has 0 atom stereocenters. The highest BCUT2D eigenvalue weighted by Crippen LogP contribution is 2.30. The number of rotatable bonds is 2. The summed E-state index contributed by atoms with van der Waals surface area (Å²) in [5.74, 6) is 0. The smallest absolute Gasteiger partial charge is 0.0625 e. The van der Waals surface area contributed by atoms with Crippen molar-refractivity contribution in [1.82, 2.24) is 9.78 Å². The van der Waals surface area contributed by atoms with Gasteiger partial charge in [0.05, 0.1) is 11.7 Å². The van der Waals surface area contributed by atoms with Crippen LogP contribution in [0.1, 0.15) is 62.0 Å². The van der Waals surface area contributed by atoms with Crippen LogP contribution in [0.25, 0.3) is 0 Å². The van der Waals surface area contributed by atoms with E-state index < -0.39 is 0 Å². The molecule has 1 heterocycles. The van der Waals surface area contributed by atoms with E-state index in [2.05, 4.69) is 25.5 Å². The van der Waals surface area contributed by atoms with Gasteiger partial charge in [0.15, 0.2) is 0 Å². The van der Waals surface area contributed by atoms with Gasteiger partial charge in [-0.2, -0.15) is 5.10 Å². The summed E-state index contributed by atoms with van der Waals surface area (Å²) in [5, 5.41) is 4.72. The van der Waals surface area contributed by atoms with Crippen molar-refractivity contribution in [2.24, 2.45) is 0 Å². The molecule has 0 radical (unpaired) electrons. The van der Waals surface area contributed by atoms with Crippen LogP contribution >= 0.6 is 0 Å². The lowest BCUT2D eigenvalue weighted by atomic mass is 9.95. The predicted molar refractivity (Wildman–Crippen MR) is 63.2 cm³/mol. The van der Waals surface area contributed by atoms with E-state index in [1.54, 1.807) is 0 Å². The van der Waals surface area contributed by atoms with Gasteiger partial charge in [0.2, 0.25) is 0 Å². The minimum Gasteiger partial charge on any atom is -0.266 e. The highest BCUT2D eigenvalue weighted by atomic mass is 15.3. The maximum absolute atomic E-state index is 4.72. The summed E-state index contributed by atoms with van der Waals surface area (Å²) in [4.78, 5) is 0. The molecule has 1 aliphatic rings. The molecule has 0 bridgehead atoms. The van der Waals surface area contributed by atoms with Crippen molar-refractivity contribution < 1.29 is 0 Å². The third-order valence-corrected chi connectivity index (χ3v) is 3.77. The number of hydrogen-bond donors (Lipinski definition) is 0. The lowest BCUT2D eigenvalue weighted by molar-refractivity contribution is 0.321. The molecule has 84 valence electrons. The van der Waals surface area contributed by atoms with Crippen molar-refractivity contribution in [3.05, 3.63) is 17.0 Å². The second-order valence-electron chi connectivity index (χ2n) is 4.75. The highest BCUT2D eigenvalue weighted by molar-refractivity contribution is 5.24. The van der Waals surface area contributed by atoms with E-state index in [-0.39, 0.29) is 0 Å². The Kier molecular flexibility index (Phi) is 3.13. The maximum atomic E-state index is 4.72. The quantitative estimate of drug-likeness (QED) is 0.723. The average molecular weight is 206 g/mol. The van der Waals surface area contributed by atoms with E-state index in [0.717, 1.165) is 6.42 Å². The standard InChI is InChI=1S/C13H22N2/c1-4-13-10(2)11(3)14-15(13)12-8-6-5-7-9-12/h12H,4-9H2,1-3H3. The van der Waals surface area contributed by atoms with Crippen LogP contribution in [-0.2, 0) is 6.42 Å². The lowest BCUT2D eigenvalue weighted by Gasteiger charge is -2.24. The van der Waals surface area contributed by atoms with Crippen LogP contribution in [0.2, 0.25) is 0 Å². The Morgan fingerprint density at radius 3 is 2.47 bits per heavy atom. The molecule has 1 fully saturated rings. The molecule has 0 unspecified atom stereocenters. The molecule has 1 aromatic heterocycles. The Morgan fingerprint density at radius 2 is 1.87 bits per heavy atom. The molecule has 0 aliphatic heterocycles. The van der Waals surface area contributed by atoms with Gasteiger partial charge >= 0.3 is 0 Å². The molecule has 1 aliphatic carbocycles. The normalized spacial score (nSPS) is 18.3. The van der Waals surface area contributed by atoms with Crippen LogP contribution in [0.15, 0.2) is 0 Å². The second kappa shape index (κ2) is 4.38. The minimum absolute atomic E-state index is 0.682. The summed E-state index contributed by atoms with van der Waals surface area (Å²) in [5.41, 5.74) is 4.08. The predicted octanol–water partition coefficient (Wildman–Crippen LogP) is 3.57. The van der Waals surface area contributed by atoms with Gasteiger partial charge in [-0.25, -0.2) is 0 Å². The zero-order chi connectivity index (χ0) is 10.8. The van der Waals surface area contributed by atoms with Crippen molar-refractivity contribution in [2.45, 2.75) is 65.3 Å². The van der Waals surface area contributed by atoms with E-state index in [1.807, 2.05) is 0 Å². The highest BCUT2D eigenvalue weighted by Gasteiger charge is 2.20. The Hall–Kier alpha value is -0.790. The minimum atomic E-state index is 0.682. The molecule has 15 heavy (non-hydrogen) atoms. The lowest BCUT2D eigenvalue weighted by Crippen LogP contribution is -2.16. The molecule has 1 aromatic rings. The van der Waals surface area contributed by atoms with E-state index in [4.69, 9.17) is 5.10 Å². The zero-order valence-corrected chi connectivity index (χ0v) is 10.2. The Balaban J connectivity index is 2.29. The second-order valence-corrected chi connectivity index (χ2v) is 4.75. The molecule has 1 saturated carbocycles. The van der Waals surface area contributed by atoms with Gasteiger partial charge < -0.3 is 0 Å². The first-order chi connectivity index (χ1) is 7.24. The molecule has 2 rings (SSSR count). The number of aromatic nitrogens is 2. The Labute approximate surface area is 92.7 Å². The molecule has 2 nitrogen and oxygen atoms in total. The largest absolute Gasteiger partial charge is 0.266 e. The third-order valence-electron chi connectivity index (χ3n) is 3.77. The first-order valence-electron chi connectivity index (χ1n) is 6.28. The fraction of sp³-hybridized carbons (Fsp3) is 0.769. The molecule has 0 N–H and O–H groups in total. The van der Waals surface area contributed by atoms with Gasteiger partial charge in [-0.05, 0) is 38.7 Å². The Bertz CT molecular complexity index is 333. The number of aryl methyl sites for hydroxylation is 1. The topological polar surface area (TPSA) is 17.8 Å².